The summed E-state index contributed by atoms with van der Waals surface area (Å²) in [5.41, 5.74) is -1.22. The molecule has 1 heterocycles. The fraction of sp³-hybridized carbons (Fsp3) is 0.167. The molecule has 0 saturated carbocycles. The van der Waals surface area contributed by atoms with Crippen LogP contribution in [0.2, 0.25) is 10.0 Å². The highest BCUT2D eigenvalue weighted by Gasteiger charge is 2.39. The number of aromatic nitrogens is 2. The molecule has 0 spiro atoms. The maximum atomic E-state index is 12.4. The van der Waals surface area contributed by atoms with E-state index in [-0.39, 0.29) is 10.7 Å². The monoisotopic (exact) mass is 381 g/mol. The predicted octanol–water partition coefficient (Wildman–Crippen LogP) is 3.94. The molecule has 0 aliphatic rings. The highest BCUT2D eigenvalue weighted by molar-refractivity contribution is 6.36. The second-order valence-electron chi connectivity index (χ2n) is 4.44. The van der Waals surface area contributed by atoms with Crippen molar-refractivity contribution in [2.75, 3.05) is 5.32 Å². The predicted molar refractivity (Wildman–Crippen MR) is 81.4 cm³/mol. The van der Waals surface area contributed by atoms with Gasteiger partial charge in [-0.1, -0.05) is 23.2 Å². The molecule has 24 heavy (non-hydrogen) atoms. The molecule has 1 aromatic carbocycles. The van der Waals surface area contributed by atoms with Crippen molar-refractivity contribution < 1.29 is 18.0 Å². The van der Waals surface area contributed by atoms with Gasteiger partial charge in [0.05, 0.1) is 5.02 Å². The number of aryl methyl sites for hydroxylation is 1. The first-order valence-electron chi connectivity index (χ1n) is 6.13. The number of carbonyl (C=O) groups excluding carboxylic acids is 1. The summed E-state index contributed by atoms with van der Waals surface area (Å²) in [6, 6.07) is 4.24. The molecule has 0 saturated heterocycles. The number of azo groups is 1. The van der Waals surface area contributed by atoms with Crippen LogP contribution in [-0.4, -0.2) is 21.9 Å². The molecule has 0 aliphatic carbocycles. The van der Waals surface area contributed by atoms with E-state index in [2.05, 4.69) is 15.3 Å². The van der Waals surface area contributed by atoms with E-state index in [4.69, 9.17) is 23.2 Å². The molecule has 1 amide bonds. The van der Waals surface area contributed by atoms with Crippen LogP contribution in [0.1, 0.15) is 0 Å². The number of benzene rings is 1. The van der Waals surface area contributed by atoms with Gasteiger partial charge >= 0.3 is 12.1 Å². The number of halogens is 5. The number of hydrogen-bond donors (Lipinski definition) is 2. The lowest BCUT2D eigenvalue weighted by Crippen LogP contribution is -2.30. The maximum Gasteiger partial charge on any atom is 0.471 e. The Morgan fingerprint density at radius 2 is 1.96 bits per heavy atom. The molecule has 128 valence electrons. The van der Waals surface area contributed by atoms with Gasteiger partial charge in [-0.3, -0.25) is 19.4 Å². The second-order valence-corrected chi connectivity index (χ2v) is 5.29. The molecule has 0 bridgehead atoms. The zero-order chi connectivity index (χ0) is 18.1. The molecule has 7 nitrogen and oxygen atoms in total. The number of alkyl halides is 3. The first-order chi connectivity index (χ1) is 11.1. The molecular weight excluding hydrogens is 374 g/mol. The van der Waals surface area contributed by atoms with Gasteiger partial charge in [0.2, 0.25) is 0 Å². The van der Waals surface area contributed by atoms with Crippen molar-refractivity contribution in [3.8, 4) is 0 Å². The van der Waals surface area contributed by atoms with Gasteiger partial charge in [0.1, 0.15) is 5.69 Å². The minimum Gasteiger partial charge on any atom is -0.301 e. The topological polar surface area (TPSA) is 91.6 Å². The van der Waals surface area contributed by atoms with E-state index in [0.717, 1.165) is 4.68 Å². The van der Waals surface area contributed by atoms with Crippen LogP contribution < -0.4 is 10.9 Å². The molecule has 0 atom stereocenters. The van der Waals surface area contributed by atoms with E-state index in [9.17, 15) is 22.8 Å². The summed E-state index contributed by atoms with van der Waals surface area (Å²) < 4.78 is 37.9. The molecule has 2 N–H and O–H groups in total. The molecule has 12 heteroatoms. The number of rotatable bonds is 3. The number of H-pyrrole nitrogens is 1. The Bertz CT molecular complexity index is 873. The van der Waals surface area contributed by atoms with Crippen molar-refractivity contribution in [3.05, 3.63) is 38.6 Å². The molecule has 0 unspecified atom stereocenters. The average molecular weight is 382 g/mol. The van der Waals surface area contributed by atoms with Crippen molar-refractivity contribution in [3.63, 3.8) is 0 Å². The summed E-state index contributed by atoms with van der Waals surface area (Å²) in [6.07, 6.45) is -5.12. The number of carbonyl (C=O) groups is 1. The van der Waals surface area contributed by atoms with Crippen molar-refractivity contribution in [1.82, 2.24) is 9.78 Å². The Balaban J connectivity index is 2.39. The van der Waals surface area contributed by atoms with Crippen LogP contribution in [0.25, 0.3) is 0 Å². The molecular formula is C12H8Cl2F3N5O2. The SMILES string of the molecule is Cn1[nH]c(=O)c(N=Nc2ccc(Cl)cc2Cl)c1NC(=O)C(F)(F)F. The van der Waals surface area contributed by atoms with E-state index in [1.165, 1.54) is 25.2 Å². The van der Waals surface area contributed by atoms with Crippen LogP contribution in [0.3, 0.4) is 0 Å². The number of nitrogens with one attached hydrogen (secondary N) is 2. The van der Waals surface area contributed by atoms with Gasteiger partial charge in [-0.05, 0) is 18.2 Å². The van der Waals surface area contributed by atoms with Gasteiger partial charge in [-0.15, -0.1) is 10.2 Å². The zero-order valence-corrected chi connectivity index (χ0v) is 13.3. The van der Waals surface area contributed by atoms with Gasteiger partial charge in [0, 0.05) is 12.1 Å². The first-order valence-corrected chi connectivity index (χ1v) is 6.89. The number of aromatic amines is 1. The van der Waals surface area contributed by atoms with Crippen molar-refractivity contribution in [2.24, 2.45) is 17.3 Å². The van der Waals surface area contributed by atoms with Crippen LogP contribution in [-0.2, 0) is 11.8 Å². The fourth-order valence-corrected chi connectivity index (χ4v) is 2.05. The molecule has 0 fully saturated rings. The Hall–Kier alpha value is -2.33. The van der Waals surface area contributed by atoms with Gasteiger partial charge in [-0.2, -0.15) is 13.2 Å². The van der Waals surface area contributed by atoms with Crippen LogP contribution in [0.4, 0.5) is 30.4 Å². The van der Waals surface area contributed by atoms with Gasteiger partial charge in [0.15, 0.2) is 11.5 Å². The van der Waals surface area contributed by atoms with Crippen molar-refractivity contribution >= 4 is 46.3 Å². The van der Waals surface area contributed by atoms with Crippen LogP contribution in [0.5, 0.6) is 0 Å². The van der Waals surface area contributed by atoms with E-state index in [0.29, 0.717) is 5.02 Å². The van der Waals surface area contributed by atoms with E-state index < -0.39 is 29.1 Å². The second kappa shape index (κ2) is 6.65. The van der Waals surface area contributed by atoms with Crippen LogP contribution >= 0.6 is 23.2 Å². The highest BCUT2D eigenvalue weighted by atomic mass is 35.5. The lowest BCUT2D eigenvalue weighted by molar-refractivity contribution is -0.167. The number of amides is 1. The fourth-order valence-electron chi connectivity index (χ4n) is 1.61. The van der Waals surface area contributed by atoms with E-state index >= 15 is 0 Å². The Kier molecular flexibility index (Phi) is 4.99. The molecule has 0 radical (unpaired) electrons. The van der Waals surface area contributed by atoms with Crippen LogP contribution in [0, 0.1) is 0 Å². The van der Waals surface area contributed by atoms with E-state index in [1.54, 1.807) is 5.32 Å². The summed E-state index contributed by atoms with van der Waals surface area (Å²) in [5, 5.41) is 11.5. The maximum absolute atomic E-state index is 12.4. The summed E-state index contributed by atoms with van der Waals surface area (Å²) in [7, 11) is 1.22. The van der Waals surface area contributed by atoms with Gasteiger partial charge in [-0.25, -0.2) is 0 Å². The van der Waals surface area contributed by atoms with Gasteiger partial charge in [0.25, 0.3) is 5.56 Å². The Labute approximate surface area is 142 Å². The molecule has 2 rings (SSSR count). The number of nitrogens with zero attached hydrogens (tertiary/aromatic N) is 3. The normalized spacial score (nSPS) is 11.9. The Morgan fingerprint density at radius 3 is 2.54 bits per heavy atom. The summed E-state index contributed by atoms with van der Waals surface area (Å²) in [6.45, 7) is 0. The summed E-state index contributed by atoms with van der Waals surface area (Å²) in [5.74, 6) is -2.74. The first kappa shape index (κ1) is 18.0. The van der Waals surface area contributed by atoms with Crippen molar-refractivity contribution in [2.45, 2.75) is 6.18 Å². The number of hydrogen-bond acceptors (Lipinski definition) is 4. The van der Waals surface area contributed by atoms with Crippen molar-refractivity contribution in [1.29, 1.82) is 0 Å². The average Bonchev–Trinajstić information content (AvgIpc) is 2.71. The third kappa shape index (κ3) is 3.95. The smallest absolute Gasteiger partial charge is 0.301 e. The quantitative estimate of drug-likeness (QED) is 0.788. The summed E-state index contributed by atoms with van der Waals surface area (Å²) >= 11 is 11.6. The van der Waals surface area contributed by atoms with Gasteiger partial charge < -0.3 is 5.32 Å². The Morgan fingerprint density at radius 1 is 1.29 bits per heavy atom. The third-order valence-corrected chi connectivity index (χ3v) is 3.24. The lowest BCUT2D eigenvalue weighted by Gasteiger charge is -2.08. The molecule has 0 aliphatic heterocycles. The van der Waals surface area contributed by atoms with E-state index in [1.807, 2.05) is 0 Å². The standard InChI is InChI=1S/C12H8Cl2F3N5O2/c1-22-9(18-11(24)12(15,16)17)8(10(23)21-22)20-19-7-3-2-5(13)4-6(7)14/h2-4H,1H3,(H,18,24)(H,21,23). The minimum absolute atomic E-state index is 0.125. The lowest BCUT2D eigenvalue weighted by atomic mass is 10.3. The third-order valence-electron chi connectivity index (χ3n) is 2.70. The molecule has 2 aromatic rings. The molecule has 1 aromatic heterocycles. The zero-order valence-electron chi connectivity index (χ0n) is 11.8. The minimum atomic E-state index is -5.12. The largest absolute Gasteiger partial charge is 0.471 e. The number of anilines is 1. The summed E-state index contributed by atoms with van der Waals surface area (Å²) in [4.78, 5) is 22.8. The highest BCUT2D eigenvalue weighted by Crippen LogP contribution is 2.30. The van der Waals surface area contributed by atoms with Crippen LogP contribution in [0.15, 0.2) is 33.2 Å².